The number of aromatic nitrogens is 4. The number of carbonyl (C=O) groups is 1. The average molecular weight is 1170 g/mol. The number of hydrogen-bond acceptors (Lipinski definition) is 14. The van der Waals surface area contributed by atoms with Gasteiger partial charge >= 0.3 is 5.97 Å². The van der Waals surface area contributed by atoms with Crippen LogP contribution >= 0.6 is 22.7 Å². The Morgan fingerprint density at radius 1 is 0.840 bits per heavy atom. The molecule has 1 atom stereocenters. The number of aryl methyl sites for hydroxylation is 2. The van der Waals surface area contributed by atoms with Crippen molar-refractivity contribution in [2.45, 2.75) is 96.9 Å². The third-order valence-corrected chi connectivity index (χ3v) is 22.8. The molecule has 14 nitrogen and oxygen atoms in total. The number of carboxylic acid groups (broad SMARTS) is 1. The van der Waals surface area contributed by atoms with Gasteiger partial charge in [0.2, 0.25) is 0 Å². The minimum Gasteiger partial charge on any atom is -0.491 e. The molecule has 0 saturated carbocycles. The second-order valence-corrected chi connectivity index (χ2v) is 35.4. The van der Waals surface area contributed by atoms with E-state index in [9.17, 15) is 9.90 Å². The molecule has 0 spiro atoms. The van der Waals surface area contributed by atoms with E-state index in [-0.39, 0.29) is 29.2 Å². The molecule has 3 heterocycles. The van der Waals surface area contributed by atoms with Gasteiger partial charge in [-0.3, -0.25) is 9.47 Å². The van der Waals surface area contributed by atoms with Crippen LogP contribution in [0.3, 0.4) is 0 Å². The number of fused-ring (bicyclic) bond motifs is 1. The smallest absolute Gasteiger partial charge is 0.355 e. The van der Waals surface area contributed by atoms with Crippen LogP contribution in [-0.2, 0) is 22.3 Å². The number of rotatable bonds is 28. The van der Waals surface area contributed by atoms with Crippen molar-refractivity contribution in [1.29, 1.82) is 0 Å². The summed E-state index contributed by atoms with van der Waals surface area (Å²) in [5.74, 6) is 5.47. The highest BCUT2D eigenvalue weighted by atomic mass is 32.1. The summed E-state index contributed by atoms with van der Waals surface area (Å²) in [6.45, 7) is 20.6. The van der Waals surface area contributed by atoms with Gasteiger partial charge in [0.25, 0.3) is 8.32 Å². The molecule has 19 heteroatoms. The number of anilines is 2. The number of benzene rings is 4. The van der Waals surface area contributed by atoms with Crippen molar-refractivity contribution in [1.82, 2.24) is 34.4 Å². The summed E-state index contributed by atoms with van der Waals surface area (Å²) in [5.41, 5.74) is 2.34. The summed E-state index contributed by atoms with van der Waals surface area (Å²) in [4.78, 5) is 32.8. The van der Waals surface area contributed by atoms with Crippen molar-refractivity contribution in [3.05, 3.63) is 142 Å². The Labute approximate surface area is 489 Å². The maximum absolute atomic E-state index is 15.2. The summed E-state index contributed by atoms with van der Waals surface area (Å²) in [6.07, 6.45) is 1.90. The van der Waals surface area contributed by atoms with Crippen LogP contribution in [0.15, 0.2) is 114 Å². The standard InChI is InChI=1S/C62H82FN9O5S2Si2/c1-46-42-56(66-67-58(46)65-61-72(45-75-40-41-80(10,11)12)52-30-19-20-31-54(52)78-61)71(60-64-57(59(73)74)55(79-60)32-23-39-76-53-34-33-47(43-51(53)63)24-21-35-68(5)6)36-22-25-48(44-70(9)38-37-69(7)8)77-81(62(2,3)4,49-26-15-13-16-27-49)50-28-17-14-18-29-50/h13-20,26-31,33-34,42-43,48H,22-23,25,32,35-41,44-45H2,1-12H3,(H,73,74)/b65-61-. The van der Waals surface area contributed by atoms with Gasteiger partial charge in [-0.2, -0.15) is 4.99 Å². The number of thiazole rings is 2. The van der Waals surface area contributed by atoms with Crippen molar-refractivity contribution in [3.63, 3.8) is 0 Å². The normalized spacial score (nSPS) is 12.9. The Morgan fingerprint density at radius 2 is 1.53 bits per heavy atom. The highest BCUT2D eigenvalue weighted by Crippen LogP contribution is 2.39. The molecular formula is C62H82FN9O5S2Si2. The molecule has 432 valence electrons. The monoisotopic (exact) mass is 1170 g/mol. The zero-order valence-corrected chi connectivity index (χ0v) is 53.1. The molecular weight excluding hydrogens is 1090 g/mol. The molecule has 0 aliphatic heterocycles. The number of para-hydroxylation sites is 1. The first-order valence-electron chi connectivity index (χ1n) is 27.9. The van der Waals surface area contributed by atoms with E-state index < -0.39 is 28.2 Å². The van der Waals surface area contributed by atoms with Crippen molar-refractivity contribution in [2.75, 3.05) is 86.1 Å². The summed E-state index contributed by atoms with van der Waals surface area (Å²) in [5, 5.41) is 22.9. The van der Waals surface area contributed by atoms with Gasteiger partial charge in [0.15, 0.2) is 38.8 Å². The third-order valence-electron chi connectivity index (χ3n) is 13.8. The van der Waals surface area contributed by atoms with Gasteiger partial charge in [-0.25, -0.2) is 14.2 Å². The van der Waals surface area contributed by atoms with Crippen molar-refractivity contribution in [2.24, 2.45) is 4.99 Å². The van der Waals surface area contributed by atoms with Gasteiger partial charge in [0, 0.05) is 51.3 Å². The lowest BCUT2D eigenvalue weighted by Crippen LogP contribution is -2.68. The van der Waals surface area contributed by atoms with Gasteiger partial charge in [0.1, 0.15) is 6.73 Å². The van der Waals surface area contributed by atoms with Crippen molar-refractivity contribution >= 4 is 82.4 Å². The van der Waals surface area contributed by atoms with E-state index >= 15 is 4.39 Å². The van der Waals surface area contributed by atoms with E-state index in [1.807, 2.05) is 49.0 Å². The van der Waals surface area contributed by atoms with E-state index in [4.69, 9.17) is 34.1 Å². The zero-order chi connectivity index (χ0) is 58.3. The highest BCUT2D eigenvalue weighted by Gasteiger charge is 2.51. The first-order chi connectivity index (χ1) is 38.6. The predicted molar refractivity (Wildman–Crippen MR) is 335 cm³/mol. The molecule has 0 fully saturated rings. The molecule has 0 aliphatic rings. The maximum atomic E-state index is 15.2. The lowest BCUT2D eigenvalue weighted by Gasteiger charge is -2.46. The molecule has 0 radical (unpaired) electrons. The molecule has 7 aromatic rings. The SMILES string of the molecule is Cc1cc(N(CCCC(CN(C)CCN(C)C)O[Si](c2ccccc2)(c2ccccc2)C(C)(C)C)c2nc(C(=O)O)c(CCCOc3ccc(C#CCN(C)C)cc3F)s2)nnc1/N=c1\sc2ccccc2n1COCC[Si](C)(C)C. The molecule has 3 aromatic heterocycles. The van der Waals surface area contributed by atoms with E-state index in [0.717, 1.165) is 39.7 Å². The molecule has 1 unspecified atom stereocenters. The fourth-order valence-corrected chi connectivity index (χ4v) is 17.1. The summed E-state index contributed by atoms with van der Waals surface area (Å²) in [7, 11) is 5.92. The van der Waals surface area contributed by atoms with E-state index in [2.05, 4.69) is 161 Å². The fourth-order valence-electron chi connectivity index (χ4n) is 9.49. The minimum atomic E-state index is -2.98. The largest absolute Gasteiger partial charge is 0.491 e. The zero-order valence-electron chi connectivity index (χ0n) is 49.5. The number of ether oxygens (including phenoxy) is 2. The Balaban J connectivity index is 1.22. The third kappa shape index (κ3) is 17.3. The molecule has 0 aliphatic carbocycles. The molecule has 0 amide bonds. The van der Waals surface area contributed by atoms with Crippen LogP contribution in [0.4, 0.5) is 21.2 Å². The fraction of sp³-hybridized carbons (Fsp3) is 0.435. The second-order valence-electron chi connectivity index (χ2n) is 23.4. The Bertz CT molecular complexity index is 3260. The molecule has 7 rings (SSSR count). The van der Waals surface area contributed by atoms with Crippen LogP contribution < -0.4 is 24.8 Å². The van der Waals surface area contributed by atoms with E-state index in [1.165, 1.54) is 27.8 Å². The number of aromatic carboxylic acids is 1. The first kappa shape index (κ1) is 62.7. The Kier molecular flexibility index (Phi) is 22.3. The van der Waals surface area contributed by atoms with Crippen LogP contribution in [0.25, 0.3) is 10.2 Å². The summed E-state index contributed by atoms with van der Waals surface area (Å²) in [6, 6.07) is 37.4. The first-order valence-corrected chi connectivity index (χ1v) is 35.1. The maximum Gasteiger partial charge on any atom is 0.355 e. The van der Waals surface area contributed by atoms with Crippen LogP contribution in [-0.4, -0.2) is 149 Å². The van der Waals surface area contributed by atoms with Crippen LogP contribution in [0.2, 0.25) is 30.7 Å². The number of carboxylic acids is 1. The molecule has 81 heavy (non-hydrogen) atoms. The van der Waals surface area contributed by atoms with Crippen LogP contribution in [0, 0.1) is 24.6 Å². The summed E-state index contributed by atoms with van der Waals surface area (Å²) >= 11 is 2.89. The Hall–Kier alpha value is -5.93. The number of nitrogens with zero attached hydrogens (tertiary/aromatic N) is 9. The minimum absolute atomic E-state index is 0.0417. The second kappa shape index (κ2) is 28.9. The number of likely N-dealkylation sites (N-methyl/N-ethyl adjacent to an activating group) is 2. The summed E-state index contributed by atoms with van der Waals surface area (Å²) < 4.78 is 38.4. The van der Waals surface area contributed by atoms with Crippen LogP contribution in [0.5, 0.6) is 5.75 Å². The van der Waals surface area contributed by atoms with Gasteiger partial charge in [-0.1, -0.05) is 136 Å². The van der Waals surface area contributed by atoms with Gasteiger partial charge < -0.3 is 33.7 Å². The van der Waals surface area contributed by atoms with E-state index in [1.54, 1.807) is 23.5 Å². The average Bonchev–Trinajstić information content (AvgIpc) is 3.59. The van der Waals surface area contributed by atoms with E-state index in [0.29, 0.717) is 85.9 Å². The lowest BCUT2D eigenvalue weighted by atomic mass is 10.2. The quantitative estimate of drug-likeness (QED) is 0.0284. The topological polar surface area (TPSA) is 134 Å². The predicted octanol–water partition coefficient (Wildman–Crippen LogP) is 10.9. The molecule has 0 saturated heterocycles. The number of halogens is 1. The van der Waals surface area contributed by atoms with Crippen molar-refractivity contribution < 1.29 is 28.2 Å². The van der Waals surface area contributed by atoms with Crippen molar-refractivity contribution in [3.8, 4) is 17.6 Å². The van der Waals surface area contributed by atoms with Gasteiger partial charge in [-0.15, -0.1) is 21.5 Å². The Morgan fingerprint density at radius 3 is 2.16 bits per heavy atom. The molecule has 4 aromatic carbocycles. The lowest BCUT2D eigenvalue weighted by molar-refractivity contribution is 0.0690. The molecule has 1 N–H and O–H groups in total. The highest BCUT2D eigenvalue weighted by molar-refractivity contribution is 7.16. The van der Waals surface area contributed by atoms with Gasteiger partial charge in [-0.05, 0) is 131 Å². The van der Waals surface area contributed by atoms with Gasteiger partial charge in [0.05, 0.1) is 29.5 Å². The molecule has 0 bridgehead atoms. The van der Waals surface area contributed by atoms with Crippen LogP contribution in [0.1, 0.15) is 66.5 Å². The number of hydrogen-bond donors (Lipinski definition) is 1.